The highest BCUT2D eigenvalue weighted by atomic mass is 79.9. The highest BCUT2D eigenvalue weighted by Gasteiger charge is 2.13. The molecule has 0 aliphatic rings. The van der Waals surface area contributed by atoms with Crippen LogP contribution in [0.25, 0.3) is 0 Å². The number of hydrogen-bond acceptors (Lipinski definition) is 1. The molecule has 0 saturated carbocycles. The van der Waals surface area contributed by atoms with E-state index < -0.39 is 11.2 Å². The number of benzene rings is 1. The van der Waals surface area contributed by atoms with E-state index in [2.05, 4.69) is 22.5 Å². The summed E-state index contributed by atoms with van der Waals surface area (Å²) in [6, 6.07) is 9.31. The van der Waals surface area contributed by atoms with Crippen LogP contribution in [0.2, 0.25) is 0 Å². The Bertz CT molecular complexity index is 260. The molecule has 1 rings (SSSR count). The number of hydrogen-bond donors (Lipinski definition) is 0. The molecule has 0 amide bonds. The Morgan fingerprint density at radius 2 is 2.00 bits per heavy atom. The van der Waals surface area contributed by atoms with Crippen LogP contribution in [0.4, 0.5) is 0 Å². The monoisotopic (exact) mass is 244 g/mol. The van der Waals surface area contributed by atoms with Gasteiger partial charge in [0, 0.05) is 11.2 Å². The van der Waals surface area contributed by atoms with Gasteiger partial charge in [-0.3, -0.25) is 0 Å². The third kappa shape index (κ3) is 2.37. The molecule has 1 aromatic rings. The second kappa shape index (κ2) is 4.70. The van der Waals surface area contributed by atoms with Crippen LogP contribution in [0.3, 0.4) is 0 Å². The smallest absolute Gasteiger partial charge is 0.158 e. The predicted octanol–water partition coefficient (Wildman–Crippen LogP) is 2.70. The average Bonchev–Trinajstić information content (AvgIpc) is 2.17. The molecular weight excluding hydrogens is 236 g/mol. The van der Waals surface area contributed by atoms with Crippen molar-refractivity contribution in [3.8, 4) is 0 Å². The van der Waals surface area contributed by atoms with Gasteiger partial charge in [0.05, 0.1) is 5.33 Å². The zero-order chi connectivity index (χ0) is 8.97. The molecule has 0 saturated heterocycles. The van der Waals surface area contributed by atoms with Gasteiger partial charge in [0.2, 0.25) is 0 Å². The molecule has 1 nitrogen and oxygen atoms in total. The fraction of sp³-hybridized carbons (Fsp3) is 0.111. The first kappa shape index (κ1) is 9.84. The van der Waals surface area contributed by atoms with Crippen LogP contribution in [0.1, 0.15) is 0 Å². The molecule has 3 heteroatoms. The zero-order valence-corrected chi connectivity index (χ0v) is 8.90. The Kier molecular flexibility index (Phi) is 3.85. The minimum absolute atomic E-state index is 0.578. The molecular formula is C9H9BrOS. The lowest BCUT2D eigenvalue weighted by Gasteiger charge is -2.09. The maximum absolute atomic E-state index is 11.6. The highest BCUT2D eigenvalue weighted by Crippen LogP contribution is 2.18. The summed E-state index contributed by atoms with van der Waals surface area (Å²) >= 11 is 2.15. The summed E-state index contributed by atoms with van der Waals surface area (Å²) in [7, 11) is 0. The van der Waals surface area contributed by atoms with E-state index in [0.717, 1.165) is 4.90 Å². The van der Waals surface area contributed by atoms with Crippen LogP contribution >= 0.6 is 15.9 Å². The van der Waals surface area contributed by atoms with Crippen LogP contribution < -0.4 is 0 Å². The first-order valence-corrected chi connectivity index (χ1v) is 5.73. The van der Waals surface area contributed by atoms with Crippen molar-refractivity contribution in [2.24, 2.45) is 0 Å². The Morgan fingerprint density at radius 1 is 1.42 bits per heavy atom. The number of allylic oxidation sites excluding steroid dienone is 1. The average molecular weight is 245 g/mol. The van der Waals surface area contributed by atoms with E-state index in [1.54, 1.807) is 0 Å². The molecule has 0 fully saturated rings. The van der Waals surface area contributed by atoms with Crippen molar-refractivity contribution in [3.05, 3.63) is 41.8 Å². The van der Waals surface area contributed by atoms with E-state index in [1.807, 2.05) is 30.3 Å². The minimum Gasteiger partial charge on any atom is -0.607 e. The lowest BCUT2D eigenvalue weighted by Crippen LogP contribution is -2.04. The van der Waals surface area contributed by atoms with Crippen molar-refractivity contribution >= 4 is 27.1 Å². The van der Waals surface area contributed by atoms with Crippen molar-refractivity contribution < 1.29 is 4.55 Å². The Morgan fingerprint density at radius 3 is 2.50 bits per heavy atom. The third-order valence-corrected chi connectivity index (χ3v) is 3.79. The first-order chi connectivity index (χ1) is 5.75. The second-order valence-corrected chi connectivity index (χ2v) is 4.40. The number of rotatable bonds is 3. The minimum atomic E-state index is -1.07. The Hall–Kier alpha value is -0.250. The van der Waals surface area contributed by atoms with Gasteiger partial charge < -0.3 is 4.55 Å². The van der Waals surface area contributed by atoms with Gasteiger partial charge in [0.1, 0.15) is 4.91 Å². The fourth-order valence-corrected chi connectivity index (χ4v) is 2.22. The molecule has 1 atom stereocenters. The highest BCUT2D eigenvalue weighted by molar-refractivity contribution is 9.09. The fourth-order valence-electron chi connectivity index (χ4n) is 0.760. The molecule has 64 valence electrons. The summed E-state index contributed by atoms with van der Waals surface area (Å²) in [5.41, 5.74) is 0. The van der Waals surface area contributed by atoms with Gasteiger partial charge in [-0.2, -0.15) is 0 Å². The van der Waals surface area contributed by atoms with Gasteiger partial charge in [-0.25, -0.2) is 0 Å². The Labute approximate surface area is 83.8 Å². The lowest BCUT2D eigenvalue weighted by molar-refractivity contribution is 0.601. The topological polar surface area (TPSA) is 23.1 Å². The standard InChI is InChI=1S/C9H9BrOS/c1-8(7-10)12(11)9-5-3-2-4-6-9/h2-6H,1,7H2. The molecule has 1 aromatic carbocycles. The molecule has 0 aromatic heterocycles. The molecule has 0 spiro atoms. The molecule has 0 N–H and O–H groups in total. The third-order valence-electron chi connectivity index (χ3n) is 1.37. The van der Waals surface area contributed by atoms with Crippen molar-refractivity contribution in [2.45, 2.75) is 4.90 Å². The molecule has 0 radical (unpaired) electrons. The van der Waals surface area contributed by atoms with Gasteiger partial charge in [-0.1, -0.05) is 34.1 Å². The van der Waals surface area contributed by atoms with Crippen LogP contribution in [0.5, 0.6) is 0 Å². The van der Waals surface area contributed by atoms with E-state index in [-0.39, 0.29) is 0 Å². The maximum Gasteiger partial charge on any atom is 0.158 e. The van der Waals surface area contributed by atoms with Crippen molar-refractivity contribution in [2.75, 3.05) is 5.33 Å². The largest absolute Gasteiger partial charge is 0.607 e. The normalized spacial score (nSPS) is 12.5. The summed E-state index contributed by atoms with van der Waals surface area (Å²) < 4.78 is 11.6. The van der Waals surface area contributed by atoms with Gasteiger partial charge in [-0.05, 0) is 18.7 Å². The molecule has 12 heavy (non-hydrogen) atoms. The lowest BCUT2D eigenvalue weighted by atomic mass is 10.4. The molecule has 0 aliphatic heterocycles. The van der Waals surface area contributed by atoms with Gasteiger partial charge in [0.15, 0.2) is 4.90 Å². The quantitative estimate of drug-likeness (QED) is 0.593. The predicted molar refractivity (Wildman–Crippen MR) is 55.8 cm³/mol. The van der Waals surface area contributed by atoms with E-state index in [9.17, 15) is 4.55 Å². The van der Waals surface area contributed by atoms with Crippen LogP contribution in [-0.4, -0.2) is 9.88 Å². The maximum atomic E-state index is 11.6. The summed E-state index contributed by atoms with van der Waals surface area (Å²) in [6.07, 6.45) is 0. The second-order valence-electron chi connectivity index (χ2n) is 2.25. The van der Waals surface area contributed by atoms with E-state index >= 15 is 0 Å². The SMILES string of the molecule is C=C(CBr)[S+]([O-])c1ccccc1. The van der Waals surface area contributed by atoms with Crippen molar-refractivity contribution in [1.82, 2.24) is 0 Å². The summed E-state index contributed by atoms with van der Waals surface area (Å²) in [5, 5.41) is 0.578. The molecule has 0 aliphatic carbocycles. The van der Waals surface area contributed by atoms with Gasteiger partial charge in [0.25, 0.3) is 0 Å². The number of alkyl halides is 1. The number of halogens is 1. The van der Waals surface area contributed by atoms with Gasteiger partial charge >= 0.3 is 0 Å². The first-order valence-electron chi connectivity index (χ1n) is 3.46. The van der Waals surface area contributed by atoms with E-state index in [0.29, 0.717) is 10.2 Å². The van der Waals surface area contributed by atoms with Crippen LogP contribution in [0.15, 0.2) is 46.7 Å². The van der Waals surface area contributed by atoms with Crippen molar-refractivity contribution in [1.29, 1.82) is 0 Å². The molecule has 0 heterocycles. The van der Waals surface area contributed by atoms with Crippen LogP contribution in [0, 0.1) is 0 Å². The summed E-state index contributed by atoms with van der Waals surface area (Å²) in [4.78, 5) is 1.50. The summed E-state index contributed by atoms with van der Waals surface area (Å²) in [6.45, 7) is 3.70. The van der Waals surface area contributed by atoms with Crippen LogP contribution in [-0.2, 0) is 11.2 Å². The molecule has 0 bridgehead atoms. The molecule has 1 unspecified atom stereocenters. The van der Waals surface area contributed by atoms with Crippen molar-refractivity contribution in [3.63, 3.8) is 0 Å². The van der Waals surface area contributed by atoms with Gasteiger partial charge in [-0.15, -0.1) is 0 Å². The summed E-state index contributed by atoms with van der Waals surface area (Å²) in [5.74, 6) is 0. The Balaban J connectivity index is 2.78. The van der Waals surface area contributed by atoms with E-state index in [4.69, 9.17) is 0 Å². The zero-order valence-electron chi connectivity index (χ0n) is 6.50. The van der Waals surface area contributed by atoms with E-state index in [1.165, 1.54) is 0 Å².